The van der Waals surface area contributed by atoms with Gasteiger partial charge in [-0.3, -0.25) is 4.90 Å². The standard InChI is InChI=1S/C20H25NO/c1-18(20-13-7-4-8-14-20)21(2)15-9-10-16-22-17-19-11-5-3-6-12-19/h3-8,10-14,16,18H,9,15,17H2,1-2H3/b16-10+/t18-/m0/s1. The fourth-order valence-corrected chi connectivity index (χ4v) is 2.31. The van der Waals surface area contributed by atoms with Crippen molar-refractivity contribution in [3.8, 4) is 0 Å². The molecule has 2 aromatic rings. The third-order valence-electron chi connectivity index (χ3n) is 3.88. The van der Waals surface area contributed by atoms with Crippen LogP contribution < -0.4 is 0 Å². The maximum Gasteiger partial charge on any atom is 0.112 e. The minimum absolute atomic E-state index is 0.430. The highest BCUT2D eigenvalue weighted by atomic mass is 16.5. The summed E-state index contributed by atoms with van der Waals surface area (Å²) in [5.74, 6) is 0. The van der Waals surface area contributed by atoms with Crippen molar-refractivity contribution in [2.75, 3.05) is 13.6 Å². The quantitative estimate of drug-likeness (QED) is 0.649. The minimum Gasteiger partial charge on any atom is -0.497 e. The van der Waals surface area contributed by atoms with Gasteiger partial charge < -0.3 is 4.74 Å². The van der Waals surface area contributed by atoms with Crippen molar-refractivity contribution >= 4 is 0 Å². The smallest absolute Gasteiger partial charge is 0.112 e. The van der Waals surface area contributed by atoms with Gasteiger partial charge in [-0.25, -0.2) is 0 Å². The Kier molecular flexibility index (Phi) is 6.72. The fourth-order valence-electron chi connectivity index (χ4n) is 2.31. The topological polar surface area (TPSA) is 12.5 Å². The molecule has 0 aliphatic carbocycles. The molecule has 0 aliphatic rings. The van der Waals surface area contributed by atoms with Crippen LogP contribution in [0.3, 0.4) is 0 Å². The average molecular weight is 295 g/mol. The summed E-state index contributed by atoms with van der Waals surface area (Å²) in [6, 6.07) is 21.3. The zero-order valence-electron chi connectivity index (χ0n) is 13.5. The molecular weight excluding hydrogens is 270 g/mol. The Morgan fingerprint density at radius 1 is 1.00 bits per heavy atom. The lowest BCUT2D eigenvalue weighted by Gasteiger charge is -2.24. The van der Waals surface area contributed by atoms with Gasteiger partial charge in [0.05, 0.1) is 6.26 Å². The van der Waals surface area contributed by atoms with E-state index in [9.17, 15) is 0 Å². The molecule has 0 spiro atoms. The summed E-state index contributed by atoms with van der Waals surface area (Å²) >= 11 is 0. The molecule has 22 heavy (non-hydrogen) atoms. The lowest BCUT2D eigenvalue weighted by molar-refractivity contribution is 0.232. The van der Waals surface area contributed by atoms with Crippen molar-refractivity contribution in [1.82, 2.24) is 4.90 Å². The van der Waals surface area contributed by atoms with E-state index in [1.165, 1.54) is 11.1 Å². The Labute approximate surface area is 134 Å². The van der Waals surface area contributed by atoms with Crippen LogP contribution in [0.15, 0.2) is 73.0 Å². The van der Waals surface area contributed by atoms with Gasteiger partial charge in [0.15, 0.2) is 0 Å². The molecule has 1 atom stereocenters. The Hall–Kier alpha value is -2.06. The maximum atomic E-state index is 5.55. The predicted molar refractivity (Wildman–Crippen MR) is 92.5 cm³/mol. The van der Waals surface area contributed by atoms with Crippen LogP contribution in [0.1, 0.15) is 30.5 Å². The molecule has 0 unspecified atom stereocenters. The molecule has 0 heterocycles. The van der Waals surface area contributed by atoms with Crippen LogP contribution in [-0.2, 0) is 11.3 Å². The van der Waals surface area contributed by atoms with E-state index >= 15 is 0 Å². The van der Waals surface area contributed by atoms with E-state index in [-0.39, 0.29) is 0 Å². The summed E-state index contributed by atoms with van der Waals surface area (Å²) < 4.78 is 5.55. The van der Waals surface area contributed by atoms with Gasteiger partial charge in [0, 0.05) is 12.6 Å². The second-order valence-corrected chi connectivity index (χ2v) is 5.52. The van der Waals surface area contributed by atoms with Gasteiger partial charge in [-0.05, 0) is 37.6 Å². The van der Waals surface area contributed by atoms with Crippen LogP contribution in [0.25, 0.3) is 0 Å². The molecule has 0 bridgehead atoms. The summed E-state index contributed by atoms with van der Waals surface area (Å²) in [6.07, 6.45) is 4.90. The van der Waals surface area contributed by atoms with E-state index in [0.29, 0.717) is 12.6 Å². The van der Waals surface area contributed by atoms with Gasteiger partial charge in [-0.1, -0.05) is 60.7 Å². The molecule has 0 aromatic heterocycles. The van der Waals surface area contributed by atoms with Gasteiger partial charge in [-0.2, -0.15) is 0 Å². The van der Waals surface area contributed by atoms with E-state index in [4.69, 9.17) is 4.74 Å². The van der Waals surface area contributed by atoms with Gasteiger partial charge >= 0.3 is 0 Å². The molecule has 116 valence electrons. The van der Waals surface area contributed by atoms with E-state index in [2.05, 4.69) is 67.4 Å². The zero-order chi connectivity index (χ0) is 15.6. The predicted octanol–water partition coefficient (Wildman–Crippen LogP) is 4.80. The molecular formula is C20H25NO. The van der Waals surface area contributed by atoms with E-state index < -0.39 is 0 Å². The third kappa shape index (κ3) is 5.38. The fraction of sp³-hybridized carbons (Fsp3) is 0.300. The second-order valence-electron chi connectivity index (χ2n) is 5.52. The Morgan fingerprint density at radius 2 is 1.64 bits per heavy atom. The molecule has 0 aliphatic heterocycles. The highest BCUT2D eigenvalue weighted by molar-refractivity contribution is 5.18. The van der Waals surface area contributed by atoms with Gasteiger partial charge in [0.2, 0.25) is 0 Å². The SMILES string of the molecule is C[C@@H](c1ccccc1)N(C)CC/C=C/OCc1ccccc1. The number of nitrogens with zero attached hydrogens (tertiary/aromatic N) is 1. The van der Waals surface area contributed by atoms with Crippen LogP contribution in [0, 0.1) is 0 Å². The second kappa shape index (κ2) is 9.06. The molecule has 0 N–H and O–H groups in total. The average Bonchev–Trinajstić information content (AvgIpc) is 2.58. The molecule has 0 radical (unpaired) electrons. The van der Waals surface area contributed by atoms with Crippen LogP contribution in [0.5, 0.6) is 0 Å². The summed E-state index contributed by atoms with van der Waals surface area (Å²) in [5.41, 5.74) is 2.55. The number of rotatable bonds is 8. The largest absolute Gasteiger partial charge is 0.497 e. The van der Waals surface area contributed by atoms with Crippen LogP contribution >= 0.6 is 0 Å². The molecule has 0 saturated heterocycles. The summed E-state index contributed by atoms with van der Waals surface area (Å²) in [5, 5.41) is 0. The monoisotopic (exact) mass is 295 g/mol. The Balaban J connectivity index is 1.66. The molecule has 2 aromatic carbocycles. The molecule has 0 fully saturated rings. The van der Waals surface area contributed by atoms with E-state index in [1.807, 2.05) is 24.5 Å². The summed E-state index contributed by atoms with van der Waals surface area (Å²) in [4.78, 5) is 2.36. The Morgan fingerprint density at radius 3 is 2.32 bits per heavy atom. The number of benzene rings is 2. The van der Waals surface area contributed by atoms with Crippen molar-refractivity contribution < 1.29 is 4.74 Å². The van der Waals surface area contributed by atoms with Crippen LogP contribution in [0.4, 0.5) is 0 Å². The summed E-state index contributed by atoms with van der Waals surface area (Å²) in [6.45, 7) is 3.89. The van der Waals surface area contributed by atoms with Crippen LogP contribution in [0.2, 0.25) is 0 Å². The van der Waals surface area contributed by atoms with Crippen molar-refractivity contribution in [1.29, 1.82) is 0 Å². The van der Waals surface area contributed by atoms with E-state index in [1.54, 1.807) is 0 Å². The van der Waals surface area contributed by atoms with Crippen molar-refractivity contribution in [2.45, 2.75) is 26.0 Å². The van der Waals surface area contributed by atoms with Crippen molar-refractivity contribution in [3.05, 3.63) is 84.1 Å². The molecule has 2 nitrogen and oxygen atoms in total. The first-order chi connectivity index (χ1) is 10.8. The molecule has 2 rings (SSSR count). The normalized spacial score (nSPS) is 12.7. The van der Waals surface area contributed by atoms with Gasteiger partial charge in [0.25, 0.3) is 0 Å². The first-order valence-corrected chi connectivity index (χ1v) is 7.83. The third-order valence-corrected chi connectivity index (χ3v) is 3.88. The van der Waals surface area contributed by atoms with Crippen molar-refractivity contribution in [2.24, 2.45) is 0 Å². The first kappa shape index (κ1) is 16.3. The Bertz CT molecular complexity index is 550. The molecule has 0 amide bonds. The van der Waals surface area contributed by atoms with Crippen molar-refractivity contribution in [3.63, 3.8) is 0 Å². The first-order valence-electron chi connectivity index (χ1n) is 7.83. The maximum absolute atomic E-state index is 5.55. The highest BCUT2D eigenvalue weighted by Crippen LogP contribution is 2.18. The van der Waals surface area contributed by atoms with Crippen LogP contribution in [-0.4, -0.2) is 18.5 Å². The highest BCUT2D eigenvalue weighted by Gasteiger charge is 2.09. The number of ether oxygens (including phenoxy) is 1. The van der Waals surface area contributed by atoms with E-state index in [0.717, 1.165) is 13.0 Å². The zero-order valence-corrected chi connectivity index (χ0v) is 13.5. The lowest BCUT2D eigenvalue weighted by Crippen LogP contribution is -2.23. The van der Waals surface area contributed by atoms with Gasteiger partial charge in [-0.15, -0.1) is 0 Å². The lowest BCUT2D eigenvalue weighted by atomic mass is 10.1. The minimum atomic E-state index is 0.430. The molecule has 2 heteroatoms. The number of hydrogen-bond donors (Lipinski definition) is 0. The van der Waals surface area contributed by atoms with Gasteiger partial charge in [0.1, 0.15) is 6.61 Å². The summed E-state index contributed by atoms with van der Waals surface area (Å²) in [7, 11) is 2.16. The molecule has 0 saturated carbocycles. The number of hydrogen-bond acceptors (Lipinski definition) is 2.